The number of hydrogen-bond donors (Lipinski definition) is 0. The minimum Gasteiger partial charge on any atom is -0.309 e. The summed E-state index contributed by atoms with van der Waals surface area (Å²) in [6.07, 6.45) is 3.63. The second-order valence-electron chi connectivity index (χ2n) is 12.6. The molecule has 0 fully saturated rings. The van der Waals surface area contributed by atoms with Gasteiger partial charge in [-0.25, -0.2) is 0 Å². The third kappa shape index (κ3) is 3.38. The summed E-state index contributed by atoms with van der Waals surface area (Å²) in [4.78, 5) is 9.99. The third-order valence-electron chi connectivity index (χ3n) is 10.1. The summed E-state index contributed by atoms with van der Waals surface area (Å²) in [7, 11) is 0. The molecule has 4 nitrogen and oxygen atoms in total. The van der Waals surface area contributed by atoms with Gasteiger partial charge in [-0.3, -0.25) is 9.97 Å². The van der Waals surface area contributed by atoms with E-state index in [1.165, 1.54) is 54.1 Å². The normalized spacial score (nSPS) is 12.2. The summed E-state index contributed by atoms with van der Waals surface area (Å²) < 4.78 is 4.78. The van der Waals surface area contributed by atoms with Gasteiger partial charge in [-0.1, -0.05) is 84.9 Å². The molecule has 3 aromatic heterocycles. The number of benzene rings is 8. The van der Waals surface area contributed by atoms with Crippen molar-refractivity contribution in [2.45, 2.75) is 0 Å². The maximum atomic E-state index is 5.00. The lowest BCUT2D eigenvalue weighted by atomic mass is 9.95. The molecular formula is C44H26N4. The lowest BCUT2D eigenvalue weighted by Crippen LogP contribution is -1.95. The molecule has 0 amide bonds. The quantitative estimate of drug-likeness (QED) is 0.183. The highest BCUT2D eigenvalue weighted by Crippen LogP contribution is 2.44. The number of aromatic nitrogens is 4. The highest BCUT2D eigenvalue weighted by Gasteiger charge is 2.21. The highest BCUT2D eigenvalue weighted by atomic mass is 15.0. The summed E-state index contributed by atoms with van der Waals surface area (Å²) in [6.45, 7) is 0. The van der Waals surface area contributed by atoms with Crippen LogP contribution in [0.15, 0.2) is 158 Å². The van der Waals surface area contributed by atoms with Gasteiger partial charge >= 0.3 is 0 Å². The van der Waals surface area contributed by atoms with Crippen molar-refractivity contribution in [3.8, 4) is 11.4 Å². The van der Waals surface area contributed by atoms with E-state index < -0.39 is 0 Å². The molecule has 0 radical (unpaired) electrons. The highest BCUT2D eigenvalue weighted by molar-refractivity contribution is 6.31. The van der Waals surface area contributed by atoms with E-state index in [1.54, 1.807) is 0 Å². The van der Waals surface area contributed by atoms with Crippen LogP contribution in [0.2, 0.25) is 0 Å². The van der Waals surface area contributed by atoms with Crippen LogP contribution in [-0.4, -0.2) is 19.1 Å². The predicted molar refractivity (Wildman–Crippen MR) is 201 cm³/mol. The SMILES string of the molecule is c1ccc(-n2c3ccccc3c3cc4c5cc6c7c8ccccc8ccc7n(-c7ccccc7)c6cc5c5nccnc5c4cc32)cc1. The van der Waals surface area contributed by atoms with Gasteiger partial charge in [0.2, 0.25) is 0 Å². The molecule has 3 heterocycles. The molecule has 11 aromatic rings. The van der Waals surface area contributed by atoms with Crippen LogP contribution in [0.5, 0.6) is 0 Å². The molecule has 0 saturated carbocycles. The molecule has 48 heavy (non-hydrogen) atoms. The molecule has 222 valence electrons. The maximum Gasteiger partial charge on any atom is 0.0972 e. The molecule has 0 atom stereocenters. The molecule has 0 unspecified atom stereocenters. The Balaban J connectivity index is 1.37. The Bertz CT molecular complexity index is 3100. The first-order valence-corrected chi connectivity index (χ1v) is 16.3. The number of nitrogens with zero attached hydrogens (tertiary/aromatic N) is 4. The van der Waals surface area contributed by atoms with Crippen LogP contribution in [0.1, 0.15) is 0 Å². The van der Waals surface area contributed by atoms with Gasteiger partial charge in [-0.2, -0.15) is 0 Å². The molecule has 0 bridgehead atoms. The third-order valence-corrected chi connectivity index (χ3v) is 10.1. The molecule has 0 spiro atoms. The summed E-state index contributed by atoms with van der Waals surface area (Å²) in [5, 5.41) is 12.0. The average Bonchev–Trinajstić information content (AvgIpc) is 3.66. The summed E-state index contributed by atoms with van der Waals surface area (Å²) >= 11 is 0. The summed E-state index contributed by atoms with van der Waals surface area (Å²) in [6, 6.07) is 52.8. The van der Waals surface area contributed by atoms with E-state index in [0.29, 0.717) is 0 Å². The average molecular weight is 611 g/mol. The number of fused-ring (bicyclic) bond motifs is 14. The van der Waals surface area contributed by atoms with Gasteiger partial charge in [0.15, 0.2) is 0 Å². The Morgan fingerprint density at radius 3 is 1.56 bits per heavy atom. The minimum absolute atomic E-state index is 0.915. The Morgan fingerprint density at radius 2 is 0.875 bits per heavy atom. The second kappa shape index (κ2) is 9.50. The van der Waals surface area contributed by atoms with E-state index in [9.17, 15) is 0 Å². The van der Waals surface area contributed by atoms with Gasteiger partial charge in [-0.05, 0) is 82.2 Å². The molecule has 4 heteroatoms. The minimum atomic E-state index is 0.915. The standard InChI is InChI=1S/C44H26N4/c1-3-12-28(13-4-1)47-38-18-10-9-17-31(38)34-23-32-33-24-37-41(26-36(33)44-43(45-21-22-46-44)35(32)25-40(34)47)48(29-14-5-2-6-15-29)39-20-19-27-11-7-8-16-30(27)42(37)39/h1-26H. The van der Waals surface area contributed by atoms with Crippen molar-refractivity contribution < 1.29 is 0 Å². The lowest BCUT2D eigenvalue weighted by molar-refractivity contribution is 1.18. The van der Waals surface area contributed by atoms with Gasteiger partial charge in [-0.15, -0.1) is 0 Å². The maximum absolute atomic E-state index is 5.00. The first-order valence-electron chi connectivity index (χ1n) is 16.3. The molecule has 0 aliphatic carbocycles. The largest absolute Gasteiger partial charge is 0.309 e. The summed E-state index contributed by atoms with van der Waals surface area (Å²) in [5.74, 6) is 0. The molecule has 0 saturated heterocycles. The number of para-hydroxylation sites is 3. The van der Waals surface area contributed by atoms with Gasteiger partial charge in [0.1, 0.15) is 0 Å². The van der Waals surface area contributed by atoms with Crippen molar-refractivity contribution in [1.29, 1.82) is 0 Å². The van der Waals surface area contributed by atoms with Crippen molar-refractivity contribution >= 4 is 87.0 Å². The van der Waals surface area contributed by atoms with Gasteiger partial charge in [0.25, 0.3) is 0 Å². The zero-order chi connectivity index (χ0) is 31.3. The molecule has 0 aliphatic rings. The van der Waals surface area contributed by atoms with Crippen LogP contribution in [0.25, 0.3) is 98.3 Å². The molecular weight excluding hydrogens is 585 g/mol. The fourth-order valence-electron chi connectivity index (χ4n) is 8.13. The molecule has 0 aliphatic heterocycles. The Kier molecular flexibility index (Phi) is 5.08. The van der Waals surface area contributed by atoms with E-state index >= 15 is 0 Å². The van der Waals surface area contributed by atoms with E-state index in [4.69, 9.17) is 9.97 Å². The summed E-state index contributed by atoms with van der Waals surface area (Å²) in [5.41, 5.74) is 8.81. The predicted octanol–water partition coefficient (Wildman–Crippen LogP) is 11.3. The van der Waals surface area contributed by atoms with Crippen molar-refractivity contribution in [2.24, 2.45) is 0 Å². The first kappa shape index (κ1) is 25.6. The van der Waals surface area contributed by atoms with Crippen LogP contribution in [0.3, 0.4) is 0 Å². The van der Waals surface area contributed by atoms with Crippen LogP contribution < -0.4 is 0 Å². The van der Waals surface area contributed by atoms with Crippen LogP contribution >= 0.6 is 0 Å². The number of hydrogen-bond acceptors (Lipinski definition) is 2. The van der Waals surface area contributed by atoms with Crippen molar-refractivity contribution in [3.05, 3.63) is 158 Å². The number of rotatable bonds is 2. The molecule has 0 N–H and O–H groups in total. The first-order chi connectivity index (χ1) is 23.8. The van der Waals surface area contributed by atoms with Crippen LogP contribution in [0, 0.1) is 0 Å². The Labute approximate surface area is 274 Å². The van der Waals surface area contributed by atoms with Crippen LogP contribution in [-0.2, 0) is 0 Å². The Hall–Kier alpha value is -6.52. The smallest absolute Gasteiger partial charge is 0.0972 e. The van der Waals surface area contributed by atoms with Crippen molar-refractivity contribution in [1.82, 2.24) is 19.1 Å². The molecule has 8 aromatic carbocycles. The van der Waals surface area contributed by atoms with Gasteiger partial charge in [0, 0.05) is 56.1 Å². The van der Waals surface area contributed by atoms with Crippen molar-refractivity contribution in [2.75, 3.05) is 0 Å². The van der Waals surface area contributed by atoms with E-state index in [2.05, 4.69) is 155 Å². The van der Waals surface area contributed by atoms with E-state index in [1.807, 2.05) is 12.4 Å². The van der Waals surface area contributed by atoms with Gasteiger partial charge < -0.3 is 9.13 Å². The van der Waals surface area contributed by atoms with Crippen molar-refractivity contribution in [3.63, 3.8) is 0 Å². The molecule has 11 rings (SSSR count). The van der Waals surface area contributed by atoms with Gasteiger partial charge in [0.05, 0.1) is 33.1 Å². The van der Waals surface area contributed by atoms with E-state index in [-0.39, 0.29) is 0 Å². The lowest BCUT2D eigenvalue weighted by Gasteiger charge is -2.13. The zero-order valence-electron chi connectivity index (χ0n) is 25.8. The zero-order valence-corrected chi connectivity index (χ0v) is 25.8. The van der Waals surface area contributed by atoms with E-state index in [0.717, 1.165) is 44.2 Å². The fraction of sp³-hybridized carbons (Fsp3) is 0. The Morgan fingerprint density at radius 1 is 0.333 bits per heavy atom. The fourth-order valence-corrected chi connectivity index (χ4v) is 8.13. The van der Waals surface area contributed by atoms with Crippen LogP contribution in [0.4, 0.5) is 0 Å². The topological polar surface area (TPSA) is 35.6 Å². The monoisotopic (exact) mass is 610 g/mol. The second-order valence-corrected chi connectivity index (χ2v) is 12.6.